The second kappa shape index (κ2) is 15.2. The Kier molecular flexibility index (Phi) is 13.0. The molecule has 39 heavy (non-hydrogen) atoms. The first-order chi connectivity index (χ1) is 18.0. The van der Waals surface area contributed by atoms with E-state index in [1.54, 1.807) is 13.0 Å². The topological polar surface area (TPSA) is 159 Å². The van der Waals surface area contributed by atoms with E-state index in [2.05, 4.69) is 4.74 Å². The zero-order valence-electron chi connectivity index (χ0n) is 24.0. The third-order valence-corrected chi connectivity index (χ3v) is 4.42. The average Bonchev–Trinajstić information content (AvgIpc) is 2.80. The molecule has 0 amide bonds. The summed E-state index contributed by atoms with van der Waals surface area (Å²) in [5.74, 6) is -0.963. The van der Waals surface area contributed by atoms with Crippen LogP contribution in [-0.2, 0) is 34.9 Å². The highest BCUT2D eigenvalue weighted by atomic mass is 16.7. The Morgan fingerprint density at radius 2 is 1.33 bits per heavy atom. The third kappa shape index (κ3) is 14.8. The number of hydrogen-bond donors (Lipinski definition) is 1. The zero-order chi connectivity index (χ0) is 29.8. The number of carbonyl (C=O) groups is 4. The molecule has 12 heteroatoms. The van der Waals surface area contributed by atoms with E-state index < -0.39 is 36.6 Å². The Hall–Kier alpha value is -3.54. The molecule has 1 rings (SSSR count). The molecule has 1 aromatic rings. The van der Waals surface area contributed by atoms with Gasteiger partial charge in [0.1, 0.15) is 18.8 Å². The Labute approximate surface area is 229 Å². The number of esters is 1. The van der Waals surface area contributed by atoms with E-state index in [9.17, 15) is 19.2 Å². The lowest BCUT2D eigenvalue weighted by molar-refractivity contribution is -0.148. The Morgan fingerprint density at radius 1 is 0.795 bits per heavy atom. The molecule has 0 aliphatic rings. The van der Waals surface area contributed by atoms with Crippen LogP contribution in [0.2, 0.25) is 0 Å². The van der Waals surface area contributed by atoms with Gasteiger partial charge in [0.25, 0.3) is 0 Å². The van der Waals surface area contributed by atoms with Crippen molar-refractivity contribution in [1.29, 1.82) is 0 Å². The second-order valence-corrected chi connectivity index (χ2v) is 11.2. The Bertz CT molecular complexity index is 979. The van der Waals surface area contributed by atoms with Crippen LogP contribution in [0.25, 0.3) is 0 Å². The second-order valence-electron chi connectivity index (χ2n) is 11.2. The summed E-state index contributed by atoms with van der Waals surface area (Å²) >= 11 is 0. The van der Waals surface area contributed by atoms with Gasteiger partial charge in [-0.25, -0.2) is 14.4 Å². The van der Waals surface area contributed by atoms with Crippen LogP contribution >= 0.6 is 0 Å². The zero-order valence-corrected chi connectivity index (χ0v) is 24.0. The first-order valence-electron chi connectivity index (χ1n) is 12.6. The fourth-order valence-corrected chi connectivity index (χ4v) is 2.63. The summed E-state index contributed by atoms with van der Waals surface area (Å²) < 4.78 is 35.5. The summed E-state index contributed by atoms with van der Waals surface area (Å²) in [7, 11) is 0. The van der Waals surface area contributed by atoms with Crippen molar-refractivity contribution in [2.45, 2.75) is 74.0 Å². The molecule has 2 atom stereocenters. The van der Waals surface area contributed by atoms with Gasteiger partial charge >= 0.3 is 24.4 Å². The SMILES string of the molecule is CCOC(=O)O[C@@H](C)COC(=O)[C@@H](N)Cc1ccc(OC(=O)OCC(C)(C)C)c(OC(=O)OCC(C)(C)C)c1. The highest BCUT2D eigenvalue weighted by molar-refractivity contribution is 5.76. The lowest BCUT2D eigenvalue weighted by Gasteiger charge is -2.19. The van der Waals surface area contributed by atoms with Crippen LogP contribution in [0.15, 0.2) is 18.2 Å². The van der Waals surface area contributed by atoms with Gasteiger partial charge in [-0.05, 0) is 48.8 Å². The Balaban J connectivity index is 2.92. The number of ether oxygens (including phenoxy) is 7. The molecule has 0 spiro atoms. The van der Waals surface area contributed by atoms with Crippen LogP contribution in [0, 0.1) is 10.8 Å². The predicted octanol–water partition coefficient (Wildman–Crippen LogP) is 4.78. The number of benzene rings is 1. The molecule has 1 aromatic carbocycles. The molecule has 12 nitrogen and oxygen atoms in total. The van der Waals surface area contributed by atoms with Crippen LogP contribution in [0.5, 0.6) is 11.5 Å². The summed E-state index contributed by atoms with van der Waals surface area (Å²) in [4.78, 5) is 48.2. The highest BCUT2D eigenvalue weighted by Crippen LogP contribution is 2.30. The van der Waals surface area contributed by atoms with Gasteiger partial charge < -0.3 is 38.9 Å². The van der Waals surface area contributed by atoms with Gasteiger partial charge in [0.05, 0.1) is 19.8 Å². The normalized spacial score (nSPS) is 12.9. The van der Waals surface area contributed by atoms with Crippen LogP contribution < -0.4 is 15.2 Å². The van der Waals surface area contributed by atoms with E-state index in [-0.39, 0.29) is 55.2 Å². The summed E-state index contributed by atoms with van der Waals surface area (Å²) in [6.07, 6.45) is -3.61. The maximum absolute atomic E-state index is 12.4. The van der Waals surface area contributed by atoms with Crippen molar-refractivity contribution in [3.05, 3.63) is 23.8 Å². The molecule has 0 aromatic heterocycles. The van der Waals surface area contributed by atoms with E-state index >= 15 is 0 Å². The van der Waals surface area contributed by atoms with Crippen molar-refractivity contribution in [2.24, 2.45) is 16.6 Å². The molecular formula is C27H41NO11. The molecule has 0 saturated heterocycles. The van der Waals surface area contributed by atoms with Gasteiger partial charge in [0.2, 0.25) is 0 Å². The maximum Gasteiger partial charge on any atom is 0.513 e. The van der Waals surface area contributed by atoms with Gasteiger partial charge in [-0.15, -0.1) is 0 Å². The van der Waals surface area contributed by atoms with Gasteiger partial charge in [0, 0.05) is 0 Å². The minimum atomic E-state index is -1.09. The maximum atomic E-state index is 12.4. The van der Waals surface area contributed by atoms with E-state index in [4.69, 9.17) is 34.2 Å². The third-order valence-electron chi connectivity index (χ3n) is 4.42. The standard InChI is InChI=1S/C27H41NO11/c1-9-33-23(30)37-17(2)14-34-22(29)19(28)12-18-10-11-20(38-24(31)35-15-26(3,4)5)21(13-18)39-25(32)36-16-27(6,7)8/h10-11,13,17,19H,9,12,14-16,28H2,1-8H3/t17-,19-/m0/s1. The molecule has 0 fully saturated rings. The highest BCUT2D eigenvalue weighted by Gasteiger charge is 2.23. The summed E-state index contributed by atoms with van der Waals surface area (Å²) in [5.41, 5.74) is 5.87. The minimum absolute atomic E-state index is 0.00586. The quantitative estimate of drug-likeness (QED) is 0.226. The largest absolute Gasteiger partial charge is 0.513 e. The number of carbonyl (C=O) groups excluding carboxylic acids is 4. The fraction of sp³-hybridized carbons (Fsp3) is 0.630. The number of nitrogens with two attached hydrogens (primary N) is 1. The van der Waals surface area contributed by atoms with Crippen molar-refractivity contribution in [1.82, 2.24) is 0 Å². The molecule has 0 unspecified atom stereocenters. The Morgan fingerprint density at radius 3 is 1.85 bits per heavy atom. The summed E-state index contributed by atoms with van der Waals surface area (Å²) in [6, 6.07) is 3.22. The predicted molar refractivity (Wildman–Crippen MR) is 140 cm³/mol. The van der Waals surface area contributed by atoms with Crippen molar-refractivity contribution in [3.8, 4) is 11.5 Å². The van der Waals surface area contributed by atoms with E-state index in [1.807, 2.05) is 41.5 Å². The van der Waals surface area contributed by atoms with E-state index in [0.29, 0.717) is 5.56 Å². The molecule has 0 radical (unpaired) electrons. The molecule has 0 aliphatic carbocycles. The first-order valence-corrected chi connectivity index (χ1v) is 12.6. The van der Waals surface area contributed by atoms with Crippen LogP contribution in [0.4, 0.5) is 14.4 Å². The van der Waals surface area contributed by atoms with Crippen LogP contribution in [0.3, 0.4) is 0 Å². The van der Waals surface area contributed by atoms with E-state index in [0.717, 1.165) is 0 Å². The van der Waals surface area contributed by atoms with Gasteiger partial charge in [0.15, 0.2) is 11.5 Å². The van der Waals surface area contributed by atoms with Crippen molar-refractivity contribution in [2.75, 3.05) is 26.4 Å². The monoisotopic (exact) mass is 555 g/mol. The van der Waals surface area contributed by atoms with Crippen LogP contribution in [0.1, 0.15) is 61.0 Å². The van der Waals surface area contributed by atoms with Crippen molar-refractivity contribution >= 4 is 24.4 Å². The number of rotatable bonds is 11. The van der Waals surface area contributed by atoms with Gasteiger partial charge in [-0.3, -0.25) is 4.79 Å². The van der Waals surface area contributed by atoms with Crippen LogP contribution in [-0.4, -0.2) is 63.0 Å². The molecule has 220 valence electrons. The fourth-order valence-electron chi connectivity index (χ4n) is 2.63. The first kappa shape index (κ1) is 33.5. The minimum Gasteiger partial charge on any atom is -0.461 e. The molecule has 0 saturated carbocycles. The molecule has 2 N–H and O–H groups in total. The van der Waals surface area contributed by atoms with E-state index in [1.165, 1.54) is 19.1 Å². The lowest BCUT2D eigenvalue weighted by atomic mass is 9.99. The van der Waals surface area contributed by atoms with Gasteiger partial charge in [-0.2, -0.15) is 0 Å². The summed E-state index contributed by atoms with van der Waals surface area (Å²) in [5, 5.41) is 0. The van der Waals surface area contributed by atoms with Crippen molar-refractivity contribution < 1.29 is 52.3 Å². The summed E-state index contributed by atoms with van der Waals surface area (Å²) in [6.45, 7) is 14.6. The molecule has 0 bridgehead atoms. The molecular weight excluding hydrogens is 514 g/mol. The number of hydrogen-bond acceptors (Lipinski definition) is 12. The van der Waals surface area contributed by atoms with Crippen molar-refractivity contribution in [3.63, 3.8) is 0 Å². The lowest BCUT2D eigenvalue weighted by Crippen LogP contribution is -2.36. The molecule has 0 heterocycles. The smallest absolute Gasteiger partial charge is 0.461 e. The average molecular weight is 556 g/mol. The molecule has 0 aliphatic heterocycles. The van der Waals surface area contributed by atoms with Gasteiger partial charge in [-0.1, -0.05) is 47.6 Å².